The molecule has 1 spiro atoms. The highest BCUT2D eigenvalue weighted by atomic mass is 127. The SMILES string of the molecule is CCOCCCCNC(=NC)N1CCC2(CCCC2)C1.I. The summed E-state index contributed by atoms with van der Waals surface area (Å²) in [5.74, 6) is 1.10. The van der Waals surface area contributed by atoms with Crippen molar-refractivity contribution in [2.24, 2.45) is 10.4 Å². The maximum Gasteiger partial charge on any atom is 0.193 e. The highest BCUT2D eigenvalue weighted by Crippen LogP contribution is 2.45. The number of likely N-dealkylation sites (tertiary alicyclic amines) is 1. The maximum atomic E-state index is 5.36. The minimum Gasteiger partial charge on any atom is -0.382 e. The van der Waals surface area contributed by atoms with Gasteiger partial charge in [-0.3, -0.25) is 4.99 Å². The molecule has 0 unspecified atom stereocenters. The van der Waals surface area contributed by atoms with Crippen LogP contribution in [0.5, 0.6) is 0 Å². The molecule has 0 aromatic heterocycles. The molecule has 21 heavy (non-hydrogen) atoms. The van der Waals surface area contributed by atoms with Crippen LogP contribution in [0.25, 0.3) is 0 Å². The lowest BCUT2D eigenvalue weighted by molar-refractivity contribution is 0.143. The number of ether oxygens (including phenoxy) is 1. The van der Waals surface area contributed by atoms with E-state index in [2.05, 4.69) is 15.2 Å². The quantitative estimate of drug-likeness (QED) is 0.317. The van der Waals surface area contributed by atoms with Crippen molar-refractivity contribution in [2.75, 3.05) is 39.9 Å². The lowest BCUT2D eigenvalue weighted by atomic mass is 9.86. The molecule has 0 radical (unpaired) electrons. The third-order valence-corrected chi connectivity index (χ3v) is 4.82. The molecule has 1 heterocycles. The molecule has 0 bridgehead atoms. The summed E-state index contributed by atoms with van der Waals surface area (Å²) in [4.78, 5) is 6.92. The van der Waals surface area contributed by atoms with E-state index in [9.17, 15) is 0 Å². The summed E-state index contributed by atoms with van der Waals surface area (Å²) in [6.45, 7) is 7.15. The Morgan fingerprint density at radius 3 is 2.67 bits per heavy atom. The number of hydrogen-bond donors (Lipinski definition) is 1. The molecule has 2 aliphatic rings. The van der Waals surface area contributed by atoms with Crippen LogP contribution in [0.1, 0.15) is 51.9 Å². The Labute approximate surface area is 147 Å². The zero-order valence-corrected chi connectivity index (χ0v) is 16.0. The van der Waals surface area contributed by atoms with E-state index in [0.29, 0.717) is 5.41 Å². The zero-order valence-electron chi connectivity index (χ0n) is 13.7. The standard InChI is InChI=1S/C16H31N3O.HI/c1-3-20-13-7-6-11-18-15(17-2)19-12-10-16(14-19)8-4-5-9-16;/h3-14H2,1-2H3,(H,17,18);1H. The van der Waals surface area contributed by atoms with Gasteiger partial charge in [-0.2, -0.15) is 0 Å². The number of rotatable bonds is 6. The second kappa shape index (κ2) is 9.87. The van der Waals surface area contributed by atoms with Gasteiger partial charge in [0.15, 0.2) is 5.96 Å². The Morgan fingerprint density at radius 2 is 2.00 bits per heavy atom. The van der Waals surface area contributed by atoms with Gasteiger partial charge in [-0.25, -0.2) is 0 Å². The Morgan fingerprint density at radius 1 is 1.24 bits per heavy atom. The summed E-state index contributed by atoms with van der Waals surface area (Å²) < 4.78 is 5.36. The molecule has 0 aromatic rings. The average Bonchev–Trinajstić information content (AvgIpc) is 3.09. The van der Waals surface area contributed by atoms with Crippen LogP contribution in [0, 0.1) is 5.41 Å². The molecule has 0 aromatic carbocycles. The van der Waals surface area contributed by atoms with E-state index in [0.717, 1.165) is 38.6 Å². The topological polar surface area (TPSA) is 36.9 Å². The van der Waals surface area contributed by atoms with E-state index in [1.165, 1.54) is 45.2 Å². The minimum atomic E-state index is 0. The normalized spacial score (nSPS) is 20.9. The summed E-state index contributed by atoms with van der Waals surface area (Å²) in [6, 6.07) is 0. The van der Waals surface area contributed by atoms with Crippen LogP contribution in [0.15, 0.2) is 4.99 Å². The first-order chi connectivity index (χ1) is 9.79. The van der Waals surface area contributed by atoms with Crippen molar-refractivity contribution < 1.29 is 4.74 Å². The van der Waals surface area contributed by atoms with Gasteiger partial charge in [0.05, 0.1) is 0 Å². The van der Waals surface area contributed by atoms with Crippen LogP contribution in [0.2, 0.25) is 0 Å². The van der Waals surface area contributed by atoms with Crippen LogP contribution in [0.4, 0.5) is 0 Å². The molecule has 1 N–H and O–H groups in total. The molecular formula is C16H32IN3O. The Balaban J connectivity index is 0.00000220. The molecule has 4 nitrogen and oxygen atoms in total. The summed E-state index contributed by atoms with van der Waals surface area (Å²) in [7, 11) is 1.90. The van der Waals surface area contributed by atoms with Gasteiger partial charge in [-0.15, -0.1) is 24.0 Å². The lowest BCUT2D eigenvalue weighted by Gasteiger charge is -2.25. The third-order valence-electron chi connectivity index (χ3n) is 4.82. The van der Waals surface area contributed by atoms with Crippen molar-refractivity contribution in [1.29, 1.82) is 0 Å². The summed E-state index contributed by atoms with van der Waals surface area (Å²) >= 11 is 0. The van der Waals surface area contributed by atoms with E-state index >= 15 is 0 Å². The van der Waals surface area contributed by atoms with E-state index in [4.69, 9.17) is 4.74 Å². The smallest absolute Gasteiger partial charge is 0.193 e. The fraction of sp³-hybridized carbons (Fsp3) is 0.938. The van der Waals surface area contributed by atoms with E-state index in [1.54, 1.807) is 0 Å². The third kappa shape index (κ3) is 5.58. The largest absolute Gasteiger partial charge is 0.382 e. The second-order valence-electron chi connectivity index (χ2n) is 6.26. The van der Waals surface area contributed by atoms with Gasteiger partial charge in [-0.05, 0) is 44.4 Å². The van der Waals surface area contributed by atoms with Gasteiger partial charge >= 0.3 is 0 Å². The highest BCUT2D eigenvalue weighted by Gasteiger charge is 2.40. The molecule has 1 saturated heterocycles. The Bertz CT molecular complexity index is 317. The predicted octanol–water partition coefficient (Wildman–Crippen LogP) is 3.26. The molecule has 2 rings (SSSR count). The van der Waals surface area contributed by atoms with Gasteiger partial charge in [0.2, 0.25) is 0 Å². The fourth-order valence-corrected chi connectivity index (χ4v) is 3.65. The first-order valence-electron chi connectivity index (χ1n) is 8.33. The van der Waals surface area contributed by atoms with Crippen LogP contribution in [0.3, 0.4) is 0 Å². The van der Waals surface area contributed by atoms with E-state index in [-0.39, 0.29) is 24.0 Å². The first-order valence-corrected chi connectivity index (χ1v) is 8.33. The minimum absolute atomic E-state index is 0. The number of nitrogens with one attached hydrogen (secondary N) is 1. The predicted molar refractivity (Wildman–Crippen MR) is 99.6 cm³/mol. The molecule has 0 amide bonds. The molecular weight excluding hydrogens is 377 g/mol. The van der Waals surface area contributed by atoms with Crippen molar-refractivity contribution in [1.82, 2.24) is 10.2 Å². The zero-order chi connectivity index (χ0) is 14.3. The number of halogens is 1. The van der Waals surface area contributed by atoms with E-state index < -0.39 is 0 Å². The summed E-state index contributed by atoms with van der Waals surface area (Å²) in [5, 5.41) is 3.52. The Hall–Kier alpha value is -0.0400. The Kier molecular flexibility index (Phi) is 8.94. The number of hydrogen-bond acceptors (Lipinski definition) is 2. The van der Waals surface area contributed by atoms with Gasteiger partial charge < -0.3 is 15.0 Å². The maximum absolute atomic E-state index is 5.36. The molecule has 5 heteroatoms. The number of nitrogens with zero attached hydrogens (tertiary/aromatic N) is 2. The average molecular weight is 409 g/mol. The van der Waals surface area contributed by atoms with Crippen LogP contribution >= 0.6 is 24.0 Å². The van der Waals surface area contributed by atoms with E-state index in [1.807, 2.05) is 14.0 Å². The monoisotopic (exact) mass is 409 g/mol. The summed E-state index contributed by atoms with van der Waals surface area (Å²) in [6.07, 6.45) is 9.34. The van der Waals surface area contributed by atoms with Crippen molar-refractivity contribution >= 4 is 29.9 Å². The highest BCUT2D eigenvalue weighted by molar-refractivity contribution is 14.0. The van der Waals surface area contributed by atoms with Crippen molar-refractivity contribution in [3.63, 3.8) is 0 Å². The van der Waals surface area contributed by atoms with Crippen molar-refractivity contribution in [3.05, 3.63) is 0 Å². The lowest BCUT2D eigenvalue weighted by Crippen LogP contribution is -2.41. The summed E-state index contributed by atoms with van der Waals surface area (Å²) in [5.41, 5.74) is 0.618. The van der Waals surface area contributed by atoms with Gasteiger partial charge in [0.25, 0.3) is 0 Å². The number of guanidine groups is 1. The molecule has 1 saturated carbocycles. The van der Waals surface area contributed by atoms with Crippen molar-refractivity contribution in [2.45, 2.75) is 51.9 Å². The van der Waals surface area contributed by atoms with Gasteiger partial charge in [-0.1, -0.05) is 12.8 Å². The van der Waals surface area contributed by atoms with Crippen LogP contribution in [-0.2, 0) is 4.74 Å². The van der Waals surface area contributed by atoms with Gasteiger partial charge in [0, 0.05) is 39.9 Å². The molecule has 1 aliphatic heterocycles. The fourth-order valence-electron chi connectivity index (χ4n) is 3.65. The van der Waals surface area contributed by atoms with Gasteiger partial charge in [0.1, 0.15) is 0 Å². The van der Waals surface area contributed by atoms with Crippen LogP contribution < -0.4 is 5.32 Å². The second-order valence-corrected chi connectivity index (χ2v) is 6.26. The molecule has 0 atom stereocenters. The number of unbranched alkanes of at least 4 members (excludes halogenated alkanes) is 1. The first kappa shape index (κ1) is 19.0. The molecule has 1 aliphatic carbocycles. The molecule has 124 valence electrons. The number of aliphatic imine (C=N–C) groups is 1. The van der Waals surface area contributed by atoms with Crippen molar-refractivity contribution in [3.8, 4) is 0 Å². The van der Waals surface area contributed by atoms with Crippen LogP contribution in [-0.4, -0.2) is 50.8 Å². The molecule has 2 fully saturated rings.